The van der Waals surface area contributed by atoms with E-state index in [1.54, 1.807) is 13.0 Å². The summed E-state index contributed by atoms with van der Waals surface area (Å²) in [6.07, 6.45) is 5.73. The number of nitrogens with one attached hydrogen (secondary N) is 1. The molecular weight excluding hydrogens is 352 g/mol. The number of hydrogen-bond donors (Lipinski definition) is 1. The largest absolute Gasteiger partial charge is 0.360 e. The van der Waals surface area contributed by atoms with Crippen molar-refractivity contribution in [2.45, 2.75) is 31.7 Å². The van der Waals surface area contributed by atoms with E-state index in [2.05, 4.69) is 32.5 Å². The van der Waals surface area contributed by atoms with Gasteiger partial charge in [-0.1, -0.05) is 35.5 Å². The lowest BCUT2D eigenvalue weighted by molar-refractivity contribution is -0.122. The Kier molecular flexibility index (Phi) is 5.48. The van der Waals surface area contributed by atoms with Crippen LogP contribution in [0.1, 0.15) is 41.7 Å². The number of carbonyl (C=O) groups is 1. The van der Waals surface area contributed by atoms with E-state index in [9.17, 15) is 4.79 Å². The molecule has 1 aliphatic rings. The minimum absolute atomic E-state index is 0.0816. The molecular formula is C22H24N4O2. The first kappa shape index (κ1) is 18.4. The van der Waals surface area contributed by atoms with Crippen LogP contribution in [-0.4, -0.2) is 34.0 Å². The Bertz CT molecular complexity index is 903. The molecule has 0 bridgehead atoms. The molecule has 0 saturated carbocycles. The number of aryl methyl sites for hydroxylation is 1. The summed E-state index contributed by atoms with van der Waals surface area (Å²) in [6, 6.07) is 15.5. The van der Waals surface area contributed by atoms with E-state index in [-0.39, 0.29) is 11.9 Å². The summed E-state index contributed by atoms with van der Waals surface area (Å²) in [6.45, 7) is 3.52. The van der Waals surface area contributed by atoms with Gasteiger partial charge >= 0.3 is 0 Å². The molecule has 1 N–H and O–H groups in total. The van der Waals surface area contributed by atoms with Crippen LogP contribution in [-0.2, 0) is 4.79 Å². The van der Waals surface area contributed by atoms with Crippen LogP contribution in [0.2, 0.25) is 0 Å². The monoisotopic (exact) mass is 376 g/mol. The van der Waals surface area contributed by atoms with Crippen LogP contribution >= 0.6 is 0 Å². The number of anilines is 1. The number of amides is 1. The molecule has 4 rings (SSSR count). The zero-order valence-corrected chi connectivity index (χ0v) is 15.9. The lowest BCUT2D eigenvalue weighted by atomic mass is 9.88. The van der Waals surface area contributed by atoms with Crippen LogP contribution in [0.25, 0.3) is 0 Å². The Hall–Kier alpha value is -2.99. The van der Waals surface area contributed by atoms with E-state index in [0.29, 0.717) is 17.5 Å². The smallest absolute Gasteiger partial charge is 0.247 e. The van der Waals surface area contributed by atoms with E-state index in [1.807, 2.05) is 42.7 Å². The zero-order valence-electron chi connectivity index (χ0n) is 15.9. The SMILES string of the molecule is Cc1cc(NC(=O)C(c2ccccc2)N2CCC(c3ccncc3)CC2)no1. The van der Waals surface area contributed by atoms with Crippen molar-refractivity contribution in [2.75, 3.05) is 18.4 Å². The number of piperidine rings is 1. The highest BCUT2D eigenvalue weighted by Crippen LogP contribution is 2.32. The fraction of sp³-hybridized carbons (Fsp3) is 0.318. The molecule has 0 aliphatic carbocycles. The Morgan fingerprint density at radius 2 is 1.86 bits per heavy atom. The van der Waals surface area contributed by atoms with Gasteiger partial charge in [-0.25, -0.2) is 0 Å². The molecule has 1 unspecified atom stereocenters. The number of aromatic nitrogens is 2. The van der Waals surface area contributed by atoms with Crippen molar-refractivity contribution in [3.05, 3.63) is 77.8 Å². The Morgan fingerprint density at radius 3 is 2.50 bits per heavy atom. The molecule has 2 aromatic heterocycles. The third kappa shape index (κ3) is 4.12. The molecule has 28 heavy (non-hydrogen) atoms. The molecule has 0 spiro atoms. The van der Waals surface area contributed by atoms with Gasteiger partial charge in [0.05, 0.1) is 0 Å². The molecule has 1 amide bonds. The normalized spacial score (nSPS) is 16.6. The Labute approximate surface area is 164 Å². The van der Waals surface area contributed by atoms with Crippen LogP contribution in [0.5, 0.6) is 0 Å². The number of benzene rings is 1. The molecule has 144 valence electrons. The van der Waals surface area contributed by atoms with Gasteiger partial charge in [-0.3, -0.25) is 14.7 Å². The number of hydrogen-bond acceptors (Lipinski definition) is 5. The van der Waals surface area contributed by atoms with Gasteiger partial charge in [0.2, 0.25) is 5.91 Å². The summed E-state index contributed by atoms with van der Waals surface area (Å²) in [5, 5.41) is 6.81. The summed E-state index contributed by atoms with van der Waals surface area (Å²) in [5.74, 6) is 1.55. The molecule has 1 fully saturated rings. The topological polar surface area (TPSA) is 71.3 Å². The summed E-state index contributed by atoms with van der Waals surface area (Å²) >= 11 is 0. The van der Waals surface area contributed by atoms with E-state index in [4.69, 9.17) is 4.52 Å². The van der Waals surface area contributed by atoms with Gasteiger partial charge in [-0.2, -0.15) is 0 Å². The number of carbonyl (C=O) groups excluding carboxylic acids is 1. The van der Waals surface area contributed by atoms with Crippen molar-refractivity contribution in [1.82, 2.24) is 15.0 Å². The number of likely N-dealkylation sites (tertiary alicyclic amines) is 1. The van der Waals surface area contributed by atoms with Gasteiger partial charge in [0.25, 0.3) is 0 Å². The third-order valence-electron chi connectivity index (χ3n) is 5.32. The van der Waals surface area contributed by atoms with Gasteiger partial charge in [0.15, 0.2) is 5.82 Å². The lowest BCUT2D eigenvalue weighted by Gasteiger charge is -2.37. The molecule has 1 aromatic carbocycles. The molecule has 6 nitrogen and oxygen atoms in total. The first-order valence-corrected chi connectivity index (χ1v) is 9.64. The third-order valence-corrected chi connectivity index (χ3v) is 5.32. The Morgan fingerprint density at radius 1 is 1.14 bits per heavy atom. The second-order valence-electron chi connectivity index (χ2n) is 7.22. The standard InChI is InChI=1S/C22H24N4O2/c1-16-15-20(25-28-16)24-22(27)21(19-5-3-2-4-6-19)26-13-9-18(10-14-26)17-7-11-23-12-8-17/h2-8,11-12,15,18,21H,9-10,13-14H2,1H3,(H,24,25,27). The molecule has 1 saturated heterocycles. The van der Waals surface area contributed by atoms with Crippen molar-refractivity contribution < 1.29 is 9.32 Å². The van der Waals surface area contributed by atoms with Crippen molar-refractivity contribution in [3.63, 3.8) is 0 Å². The molecule has 6 heteroatoms. The van der Waals surface area contributed by atoms with Gasteiger partial charge in [0, 0.05) is 18.5 Å². The number of rotatable bonds is 5. The highest BCUT2D eigenvalue weighted by Gasteiger charge is 2.31. The fourth-order valence-electron chi connectivity index (χ4n) is 3.91. The second-order valence-corrected chi connectivity index (χ2v) is 7.22. The van der Waals surface area contributed by atoms with Crippen molar-refractivity contribution >= 4 is 11.7 Å². The predicted octanol–water partition coefficient (Wildman–Crippen LogP) is 3.94. The highest BCUT2D eigenvalue weighted by molar-refractivity contribution is 5.94. The summed E-state index contributed by atoms with van der Waals surface area (Å²) in [5.41, 5.74) is 2.32. The molecule has 1 atom stereocenters. The zero-order chi connectivity index (χ0) is 19.3. The van der Waals surface area contributed by atoms with Gasteiger partial charge in [-0.05, 0) is 62.0 Å². The molecule has 3 aromatic rings. The van der Waals surface area contributed by atoms with Crippen LogP contribution in [0.3, 0.4) is 0 Å². The van der Waals surface area contributed by atoms with Crippen molar-refractivity contribution in [1.29, 1.82) is 0 Å². The second kappa shape index (κ2) is 8.35. The Balaban J connectivity index is 1.50. The van der Waals surface area contributed by atoms with Gasteiger partial charge in [-0.15, -0.1) is 0 Å². The fourth-order valence-corrected chi connectivity index (χ4v) is 3.91. The van der Waals surface area contributed by atoms with E-state index < -0.39 is 0 Å². The van der Waals surface area contributed by atoms with Gasteiger partial charge < -0.3 is 9.84 Å². The average Bonchev–Trinajstić information content (AvgIpc) is 3.15. The molecule has 3 heterocycles. The predicted molar refractivity (Wildman–Crippen MR) is 107 cm³/mol. The summed E-state index contributed by atoms with van der Waals surface area (Å²) in [4.78, 5) is 19.5. The first-order chi connectivity index (χ1) is 13.7. The van der Waals surface area contributed by atoms with Crippen LogP contribution in [0.15, 0.2) is 65.4 Å². The minimum atomic E-state index is -0.350. The van der Waals surface area contributed by atoms with Gasteiger partial charge in [0.1, 0.15) is 11.8 Å². The first-order valence-electron chi connectivity index (χ1n) is 9.64. The van der Waals surface area contributed by atoms with Crippen molar-refractivity contribution in [3.8, 4) is 0 Å². The average molecular weight is 376 g/mol. The lowest BCUT2D eigenvalue weighted by Crippen LogP contribution is -2.41. The number of nitrogens with zero attached hydrogens (tertiary/aromatic N) is 3. The molecule has 1 aliphatic heterocycles. The maximum absolute atomic E-state index is 13.1. The van der Waals surface area contributed by atoms with E-state index in [1.165, 1.54) is 5.56 Å². The molecule has 0 radical (unpaired) electrons. The highest BCUT2D eigenvalue weighted by atomic mass is 16.5. The van der Waals surface area contributed by atoms with E-state index in [0.717, 1.165) is 31.5 Å². The number of pyridine rings is 1. The van der Waals surface area contributed by atoms with Crippen LogP contribution in [0.4, 0.5) is 5.82 Å². The minimum Gasteiger partial charge on any atom is -0.360 e. The summed E-state index contributed by atoms with van der Waals surface area (Å²) < 4.78 is 5.08. The van der Waals surface area contributed by atoms with Crippen LogP contribution in [0, 0.1) is 6.92 Å². The quantitative estimate of drug-likeness (QED) is 0.730. The maximum atomic E-state index is 13.1. The van der Waals surface area contributed by atoms with Crippen LogP contribution < -0.4 is 5.32 Å². The van der Waals surface area contributed by atoms with E-state index >= 15 is 0 Å². The summed E-state index contributed by atoms with van der Waals surface area (Å²) in [7, 11) is 0. The van der Waals surface area contributed by atoms with Crippen molar-refractivity contribution in [2.24, 2.45) is 0 Å². The maximum Gasteiger partial charge on any atom is 0.247 e.